The zero-order chi connectivity index (χ0) is 12.8. The highest BCUT2D eigenvalue weighted by Gasteiger charge is 2.17. The van der Waals surface area contributed by atoms with Crippen molar-refractivity contribution in [3.05, 3.63) is 0 Å². The smallest absolute Gasteiger partial charge is 0.408 e. The van der Waals surface area contributed by atoms with Crippen LogP contribution < -0.4 is 5.32 Å². The number of hydrogen-bond acceptors (Lipinski definition) is 5. The van der Waals surface area contributed by atoms with Gasteiger partial charge in [-0.3, -0.25) is 4.79 Å². The Morgan fingerprint density at radius 3 is 2.12 bits per heavy atom. The van der Waals surface area contributed by atoms with Crippen LogP contribution in [-0.4, -0.2) is 30.2 Å². The van der Waals surface area contributed by atoms with Crippen molar-refractivity contribution in [1.29, 1.82) is 0 Å². The number of ether oxygens (including phenoxy) is 2. The van der Waals surface area contributed by atoms with Gasteiger partial charge in [0.1, 0.15) is 12.1 Å². The summed E-state index contributed by atoms with van der Waals surface area (Å²) in [6.45, 7) is 6.28. The molecule has 0 unspecified atom stereocenters. The molecule has 0 heterocycles. The van der Waals surface area contributed by atoms with Crippen molar-refractivity contribution in [3.8, 4) is 0 Å². The molecule has 0 aliphatic heterocycles. The number of hydrogen-bond donors (Lipinski definition) is 1. The number of carbonyl (C=O) groups excluding carboxylic acids is 3. The SMILES string of the molecule is CCC(=O)OC(=O)CNC(=O)OC(C)(C)C. The molecule has 0 saturated heterocycles. The molecule has 0 rings (SSSR count). The number of carbonyl (C=O) groups is 3. The van der Waals surface area contributed by atoms with E-state index in [1.165, 1.54) is 0 Å². The molecule has 0 bridgehead atoms. The lowest BCUT2D eigenvalue weighted by Gasteiger charge is -2.19. The van der Waals surface area contributed by atoms with E-state index in [1.807, 2.05) is 0 Å². The Bertz CT molecular complexity index is 279. The van der Waals surface area contributed by atoms with Gasteiger partial charge in [0, 0.05) is 6.42 Å². The normalized spacial score (nSPS) is 10.5. The van der Waals surface area contributed by atoms with E-state index < -0.39 is 23.6 Å². The van der Waals surface area contributed by atoms with Crippen molar-refractivity contribution in [1.82, 2.24) is 5.32 Å². The topological polar surface area (TPSA) is 81.7 Å². The molecule has 0 aromatic carbocycles. The Hall–Kier alpha value is -1.59. The molecule has 0 aliphatic rings. The van der Waals surface area contributed by atoms with Crippen LogP contribution in [0.3, 0.4) is 0 Å². The lowest BCUT2D eigenvalue weighted by molar-refractivity contribution is -0.158. The summed E-state index contributed by atoms with van der Waals surface area (Å²) in [6, 6.07) is 0. The summed E-state index contributed by atoms with van der Waals surface area (Å²) in [5.74, 6) is -1.44. The van der Waals surface area contributed by atoms with Gasteiger partial charge in [-0.2, -0.15) is 0 Å². The Balaban J connectivity index is 3.84. The molecule has 0 aliphatic carbocycles. The van der Waals surface area contributed by atoms with Crippen molar-refractivity contribution in [2.75, 3.05) is 6.54 Å². The van der Waals surface area contributed by atoms with E-state index in [0.29, 0.717) is 0 Å². The Labute approximate surface area is 94.3 Å². The van der Waals surface area contributed by atoms with Crippen molar-refractivity contribution in [2.45, 2.75) is 39.7 Å². The first kappa shape index (κ1) is 14.4. The highest BCUT2D eigenvalue weighted by Crippen LogP contribution is 2.06. The fraction of sp³-hybridized carbons (Fsp3) is 0.700. The minimum absolute atomic E-state index is 0.109. The third-order valence-electron chi connectivity index (χ3n) is 1.29. The van der Waals surface area contributed by atoms with E-state index in [1.54, 1.807) is 27.7 Å². The van der Waals surface area contributed by atoms with Gasteiger partial charge < -0.3 is 14.8 Å². The maximum Gasteiger partial charge on any atom is 0.408 e. The fourth-order valence-electron chi connectivity index (χ4n) is 0.694. The van der Waals surface area contributed by atoms with Gasteiger partial charge in [-0.05, 0) is 20.8 Å². The summed E-state index contributed by atoms with van der Waals surface area (Å²) in [7, 11) is 0. The van der Waals surface area contributed by atoms with Crippen LogP contribution in [0.25, 0.3) is 0 Å². The minimum atomic E-state index is -0.808. The molecule has 0 atom stereocenters. The van der Waals surface area contributed by atoms with Gasteiger partial charge in [0.15, 0.2) is 0 Å². The van der Waals surface area contributed by atoms with Gasteiger partial charge in [0.25, 0.3) is 0 Å². The summed E-state index contributed by atoms with van der Waals surface area (Å²) in [5, 5.41) is 2.18. The predicted molar refractivity (Wildman–Crippen MR) is 55.6 cm³/mol. The van der Waals surface area contributed by atoms with E-state index >= 15 is 0 Å². The number of nitrogens with one attached hydrogen (secondary N) is 1. The third-order valence-corrected chi connectivity index (χ3v) is 1.29. The average molecular weight is 231 g/mol. The average Bonchev–Trinajstić information content (AvgIpc) is 2.12. The molecule has 1 N–H and O–H groups in total. The summed E-state index contributed by atoms with van der Waals surface area (Å²) in [4.78, 5) is 32.8. The Morgan fingerprint density at radius 1 is 1.12 bits per heavy atom. The number of rotatable bonds is 3. The van der Waals surface area contributed by atoms with Crippen LogP contribution in [0.5, 0.6) is 0 Å². The van der Waals surface area contributed by atoms with Crippen molar-refractivity contribution in [2.24, 2.45) is 0 Å². The lowest BCUT2D eigenvalue weighted by Crippen LogP contribution is -2.36. The molecule has 0 aromatic rings. The molecule has 92 valence electrons. The standard InChI is InChI=1S/C10H17NO5/c1-5-7(12)15-8(13)6-11-9(14)16-10(2,3)4/h5-6H2,1-4H3,(H,11,14). The predicted octanol–water partition coefficient (Wildman–Crippen LogP) is 0.991. The summed E-state index contributed by atoms with van der Waals surface area (Å²) < 4.78 is 9.21. The Kier molecular flexibility index (Phi) is 5.49. The molecule has 0 spiro atoms. The second kappa shape index (κ2) is 6.09. The number of esters is 2. The lowest BCUT2D eigenvalue weighted by atomic mass is 10.2. The van der Waals surface area contributed by atoms with Crippen molar-refractivity contribution >= 4 is 18.0 Å². The number of amides is 1. The van der Waals surface area contributed by atoms with Crippen LogP contribution in [0, 0.1) is 0 Å². The third kappa shape index (κ3) is 7.78. The van der Waals surface area contributed by atoms with Gasteiger partial charge >= 0.3 is 18.0 Å². The molecule has 16 heavy (non-hydrogen) atoms. The maximum atomic E-state index is 11.1. The second-order valence-corrected chi connectivity index (χ2v) is 4.06. The highest BCUT2D eigenvalue weighted by atomic mass is 16.6. The van der Waals surface area contributed by atoms with Gasteiger partial charge in [-0.15, -0.1) is 0 Å². The van der Waals surface area contributed by atoms with E-state index in [-0.39, 0.29) is 13.0 Å². The first-order valence-corrected chi connectivity index (χ1v) is 4.95. The summed E-state index contributed by atoms with van der Waals surface area (Å²) in [6.07, 6.45) is -0.619. The van der Waals surface area contributed by atoms with Crippen molar-refractivity contribution < 1.29 is 23.9 Å². The molecular weight excluding hydrogens is 214 g/mol. The molecule has 6 heteroatoms. The van der Waals surface area contributed by atoms with Gasteiger partial charge in [-0.1, -0.05) is 6.92 Å². The second-order valence-electron chi connectivity index (χ2n) is 4.06. The maximum absolute atomic E-state index is 11.1. The van der Waals surface area contributed by atoms with E-state index in [9.17, 15) is 14.4 Å². The molecule has 1 amide bonds. The first-order chi connectivity index (χ1) is 7.24. The van der Waals surface area contributed by atoms with Gasteiger partial charge in [-0.25, -0.2) is 9.59 Å². The first-order valence-electron chi connectivity index (χ1n) is 4.95. The Morgan fingerprint density at radius 2 is 1.69 bits per heavy atom. The number of alkyl carbamates (subject to hydrolysis) is 1. The zero-order valence-electron chi connectivity index (χ0n) is 9.96. The monoisotopic (exact) mass is 231 g/mol. The highest BCUT2D eigenvalue weighted by molar-refractivity contribution is 5.87. The van der Waals surface area contributed by atoms with Crippen LogP contribution >= 0.6 is 0 Å². The molecule has 0 saturated carbocycles. The fourth-order valence-corrected chi connectivity index (χ4v) is 0.694. The molecule has 6 nitrogen and oxygen atoms in total. The zero-order valence-corrected chi connectivity index (χ0v) is 9.96. The minimum Gasteiger partial charge on any atom is -0.444 e. The summed E-state index contributed by atoms with van der Waals surface area (Å²) >= 11 is 0. The van der Waals surface area contributed by atoms with Crippen LogP contribution in [0.2, 0.25) is 0 Å². The molecule has 0 radical (unpaired) electrons. The van der Waals surface area contributed by atoms with Crippen LogP contribution in [-0.2, 0) is 19.1 Å². The molecular formula is C10H17NO5. The quantitative estimate of drug-likeness (QED) is 0.578. The van der Waals surface area contributed by atoms with Crippen molar-refractivity contribution in [3.63, 3.8) is 0 Å². The van der Waals surface area contributed by atoms with Crippen LogP contribution in [0.15, 0.2) is 0 Å². The summed E-state index contributed by atoms with van der Waals surface area (Å²) in [5.41, 5.74) is -0.632. The van der Waals surface area contributed by atoms with E-state index in [2.05, 4.69) is 10.1 Å². The van der Waals surface area contributed by atoms with E-state index in [0.717, 1.165) is 0 Å². The largest absolute Gasteiger partial charge is 0.444 e. The van der Waals surface area contributed by atoms with E-state index in [4.69, 9.17) is 4.74 Å². The van der Waals surface area contributed by atoms with Gasteiger partial charge in [0.05, 0.1) is 0 Å². The molecule has 0 aromatic heterocycles. The van der Waals surface area contributed by atoms with Gasteiger partial charge in [0.2, 0.25) is 0 Å². The van der Waals surface area contributed by atoms with Crippen LogP contribution in [0.1, 0.15) is 34.1 Å². The van der Waals surface area contributed by atoms with Crippen LogP contribution in [0.4, 0.5) is 4.79 Å². The molecule has 0 fully saturated rings.